The lowest BCUT2D eigenvalue weighted by Crippen LogP contribution is -2.75. The number of nitrogens with one attached hydrogen (secondary N) is 1. The summed E-state index contributed by atoms with van der Waals surface area (Å²) in [4.78, 5) is 38.3. The van der Waals surface area contributed by atoms with Crippen LogP contribution in [-0.4, -0.2) is 61.5 Å². The zero-order chi connectivity index (χ0) is 22.1. The second-order valence-corrected chi connectivity index (χ2v) is 10.7. The van der Waals surface area contributed by atoms with Crippen molar-refractivity contribution in [3.63, 3.8) is 0 Å². The van der Waals surface area contributed by atoms with Crippen LogP contribution in [0.1, 0.15) is 5.56 Å². The van der Waals surface area contributed by atoms with E-state index in [2.05, 4.69) is 5.32 Å². The minimum atomic E-state index is -1.89. The Morgan fingerprint density at radius 1 is 1.30 bits per heavy atom. The van der Waals surface area contributed by atoms with E-state index in [0.29, 0.717) is 0 Å². The maximum Gasteiger partial charge on any atom is 0.355 e. The first-order chi connectivity index (χ1) is 14.1. The van der Waals surface area contributed by atoms with E-state index in [1.165, 1.54) is 0 Å². The summed E-state index contributed by atoms with van der Waals surface area (Å²) in [6.07, 6.45) is 0.0215. The van der Waals surface area contributed by atoms with Crippen molar-refractivity contribution < 1.29 is 28.1 Å². The van der Waals surface area contributed by atoms with E-state index in [1.807, 2.05) is 0 Å². The maximum absolute atomic E-state index is 13.5. The minimum Gasteiger partial charge on any atom is -0.614 e. The highest BCUT2D eigenvalue weighted by atomic mass is 35.6. The van der Waals surface area contributed by atoms with Crippen LogP contribution < -0.4 is 5.32 Å². The van der Waals surface area contributed by atoms with Gasteiger partial charge in [-0.25, -0.2) is 9.18 Å². The van der Waals surface area contributed by atoms with Gasteiger partial charge >= 0.3 is 5.97 Å². The van der Waals surface area contributed by atoms with E-state index in [9.17, 15) is 23.3 Å². The Morgan fingerprint density at radius 3 is 2.57 bits per heavy atom. The van der Waals surface area contributed by atoms with E-state index in [1.54, 1.807) is 30.3 Å². The van der Waals surface area contributed by atoms with Crippen molar-refractivity contribution in [3.8, 4) is 0 Å². The number of rotatable bonds is 6. The molecule has 2 unspecified atom stereocenters. The van der Waals surface area contributed by atoms with Crippen molar-refractivity contribution in [3.05, 3.63) is 47.2 Å². The van der Waals surface area contributed by atoms with Gasteiger partial charge in [0.25, 0.3) is 5.91 Å². The van der Waals surface area contributed by atoms with Crippen molar-refractivity contribution >= 4 is 63.8 Å². The third-order valence-corrected chi connectivity index (χ3v) is 6.43. The predicted octanol–water partition coefficient (Wildman–Crippen LogP) is 1.78. The first-order valence-corrected chi connectivity index (χ1v) is 11.2. The lowest BCUT2D eigenvalue weighted by molar-refractivity contribution is -0.153. The molecule has 1 fully saturated rings. The van der Waals surface area contributed by atoms with E-state index >= 15 is 0 Å². The maximum atomic E-state index is 13.5. The fraction of sp³-hybridized carbons (Fsp3) is 0.389. The molecule has 1 saturated heterocycles. The molecule has 0 spiro atoms. The third-order valence-electron chi connectivity index (χ3n) is 4.45. The zero-order valence-electron chi connectivity index (χ0n) is 15.3. The number of halogens is 4. The first-order valence-electron chi connectivity index (χ1n) is 8.67. The van der Waals surface area contributed by atoms with Crippen molar-refractivity contribution in [2.45, 2.75) is 21.6 Å². The van der Waals surface area contributed by atoms with Gasteiger partial charge in [0.05, 0.1) is 6.42 Å². The molecule has 0 aromatic heterocycles. The predicted molar refractivity (Wildman–Crippen MR) is 110 cm³/mol. The SMILES string of the molecule is O=C(Cc1ccccc1)NC1C(=O)N2C(C(=O)OCC(Cl)(Cl)Cl)=C(CF)C[S+]([O-])[C@@H]12. The summed E-state index contributed by atoms with van der Waals surface area (Å²) >= 11 is 14.9. The second kappa shape index (κ2) is 9.32. The fourth-order valence-electron chi connectivity index (χ4n) is 3.17. The molecule has 0 radical (unpaired) electrons. The number of nitrogens with zero attached hydrogens (tertiary/aromatic N) is 1. The van der Waals surface area contributed by atoms with E-state index in [-0.39, 0.29) is 23.4 Å². The van der Waals surface area contributed by atoms with Gasteiger partial charge in [-0.3, -0.25) is 14.5 Å². The summed E-state index contributed by atoms with van der Waals surface area (Å²) in [6.45, 7) is -1.72. The molecule has 0 aliphatic carbocycles. The quantitative estimate of drug-likeness (QED) is 0.280. The summed E-state index contributed by atoms with van der Waals surface area (Å²) in [6, 6.07) is 7.75. The molecule has 30 heavy (non-hydrogen) atoms. The van der Waals surface area contributed by atoms with Crippen LogP contribution in [-0.2, 0) is 36.7 Å². The summed E-state index contributed by atoms with van der Waals surface area (Å²) in [5.41, 5.74) is 0.218. The fourth-order valence-corrected chi connectivity index (χ4v) is 4.99. The normalized spacial score (nSPS) is 23.6. The van der Waals surface area contributed by atoms with Gasteiger partial charge in [0.1, 0.15) is 24.7 Å². The van der Waals surface area contributed by atoms with Gasteiger partial charge in [-0.15, -0.1) is 0 Å². The number of esters is 1. The Kier molecular flexibility index (Phi) is 7.19. The number of alkyl halides is 4. The number of carbonyl (C=O) groups excluding carboxylic acids is 3. The van der Waals surface area contributed by atoms with E-state index < -0.39 is 57.4 Å². The molecule has 0 bridgehead atoms. The number of hydrogen-bond acceptors (Lipinski definition) is 5. The Morgan fingerprint density at radius 2 is 1.97 bits per heavy atom. The van der Waals surface area contributed by atoms with Crippen LogP contribution in [0, 0.1) is 0 Å². The number of benzene rings is 1. The smallest absolute Gasteiger partial charge is 0.355 e. The Labute approximate surface area is 189 Å². The summed E-state index contributed by atoms with van der Waals surface area (Å²) in [5.74, 6) is -2.50. The van der Waals surface area contributed by atoms with Crippen molar-refractivity contribution in [1.29, 1.82) is 0 Å². The summed E-state index contributed by atoms with van der Waals surface area (Å²) < 4.78 is 29.0. The average molecular weight is 498 g/mol. The van der Waals surface area contributed by atoms with Crippen LogP contribution in [0.15, 0.2) is 41.6 Å². The summed E-state index contributed by atoms with van der Waals surface area (Å²) in [5, 5.41) is 1.53. The van der Waals surface area contributed by atoms with Gasteiger partial charge < -0.3 is 14.6 Å². The van der Waals surface area contributed by atoms with Crippen molar-refractivity contribution in [2.24, 2.45) is 0 Å². The highest BCUT2D eigenvalue weighted by Gasteiger charge is 2.61. The lowest BCUT2D eigenvalue weighted by Gasteiger charge is -2.49. The second-order valence-electron chi connectivity index (χ2n) is 6.61. The number of fused-ring (bicyclic) bond motifs is 1. The Bertz CT molecular complexity index is 880. The molecule has 7 nitrogen and oxygen atoms in total. The Hall–Kier alpha value is -1.52. The topological polar surface area (TPSA) is 98.8 Å². The number of β-lactam (4-membered cyclic amide) rings is 1. The molecule has 1 aromatic carbocycles. The van der Waals surface area contributed by atoms with Crippen LogP contribution in [0.5, 0.6) is 0 Å². The molecular formula is C18H16Cl3FN2O5S. The van der Waals surface area contributed by atoms with Crippen molar-refractivity contribution in [1.82, 2.24) is 10.2 Å². The number of carbonyl (C=O) groups is 3. The molecule has 2 aliphatic rings. The van der Waals surface area contributed by atoms with E-state index in [0.717, 1.165) is 10.5 Å². The zero-order valence-corrected chi connectivity index (χ0v) is 18.4. The molecular weight excluding hydrogens is 482 g/mol. The van der Waals surface area contributed by atoms with Crippen LogP contribution >= 0.6 is 34.8 Å². The third kappa shape index (κ3) is 5.03. The molecule has 1 aromatic rings. The van der Waals surface area contributed by atoms with Crippen molar-refractivity contribution in [2.75, 3.05) is 19.0 Å². The number of amides is 2. The molecule has 3 atom stereocenters. The van der Waals surface area contributed by atoms with Gasteiger partial charge in [0.2, 0.25) is 15.1 Å². The van der Waals surface area contributed by atoms with E-state index in [4.69, 9.17) is 39.5 Å². The van der Waals surface area contributed by atoms with Gasteiger partial charge in [-0.2, -0.15) is 0 Å². The van der Waals surface area contributed by atoms with Gasteiger partial charge in [0.15, 0.2) is 6.04 Å². The minimum absolute atomic E-state index is 0.0215. The molecule has 2 amide bonds. The summed E-state index contributed by atoms with van der Waals surface area (Å²) in [7, 11) is 0. The first kappa shape index (κ1) is 23.1. The highest BCUT2D eigenvalue weighted by molar-refractivity contribution is 7.92. The van der Waals surface area contributed by atoms with Crippen LogP contribution in [0.4, 0.5) is 4.39 Å². The van der Waals surface area contributed by atoms with Gasteiger partial charge in [-0.05, 0) is 16.7 Å². The molecule has 2 aliphatic heterocycles. The van der Waals surface area contributed by atoms with Crippen LogP contribution in [0.25, 0.3) is 0 Å². The van der Waals surface area contributed by atoms with Crippen LogP contribution in [0.2, 0.25) is 0 Å². The standard InChI is InChI=1S/C18H16Cl3FN2O5S/c19-18(20,21)9-29-17(27)14-11(7-22)8-30(28)16-13(15(26)24(14)16)23-12(25)6-10-4-2-1-3-5-10/h1-5,13,16H,6-9H2,(H,23,25)/t13?,16-,30?/m0/s1. The van der Waals surface area contributed by atoms with Crippen LogP contribution in [0.3, 0.4) is 0 Å². The van der Waals surface area contributed by atoms with Gasteiger partial charge in [-0.1, -0.05) is 65.1 Å². The monoisotopic (exact) mass is 496 g/mol. The molecule has 1 N–H and O–H groups in total. The highest BCUT2D eigenvalue weighted by Crippen LogP contribution is 2.37. The molecule has 3 rings (SSSR count). The lowest BCUT2D eigenvalue weighted by atomic mass is 10.0. The average Bonchev–Trinajstić information content (AvgIpc) is 2.69. The Balaban J connectivity index is 1.74. The number of ether oxygens (including phenoxy) is 1. The van der Waals surface area contributed by atoms with Gasteiger partial charge in [0, 0.05) is 5.57 Å². The molecule has 162 valence electrons. The molecule has 0 saturated carbocycles. The largest absolute Gasteiger partial charge is 0.614 e. The number of hydrogen-bond donors (Lipinski definition) is 1. The molecule has 12 heteroatoms. The molecule has 2 heterocycles.